The average molecular weight is 261 g/mol. The van der Waals surface area contributed by atoms with Crippen LogP contribution in [0.5, 0.6) is 0 Å². The number of anilines is 1. The molecule has 3 N–H and O–H groups in total. The van der Waals surface area contributed by atoms with E-state index in [1.54, 1.807) is 25.1 Å². The minimum absolute atomic E-state index is 0.144. The van der Waals surface area contributed by atoms with Crippen molar-refractivity contribution >= 4 is 24.1 Å². The average Bonchev–Trinajstić information content (AvgIpc) is 2.34. The number of nitrogens with two attached hydrogens (primary N) is 1. The molecule has 0 unspecified atom stereocenters. The third-order valence-electron chi connectivity index (χ3n) is 2.25. The number of aromatic amines is 1. The minimum Gasteiger partial charge on any atom is -0.399 e. The van der Waals surface area contributed by atoms with Crippen LogP contribution in [0.15, 0.2) is 34.2 Å². The van der Waals surface area contributed by atoms with Gasteiger partial charge >= 0.3 is 0 Å². The van der Waals surface area contributed by atoms with Gasteiger partial charge in [-0.05, 0) is 36.8 Å². The molecule has 0 atom stereocenters. The maximum atomic E-state index is 11.8. The van der Waals surface area contributed by atoms with E-state index in [4.69, 9.17) is 18.0 Å². The first-order valence-electron chi connectivity index (χ1n) is 5.16. The molecule has 0 saturated heterocycles. The molecule has 2 rings (SSSR count). The second-order valence-electron chi connectivity index (χ2n) is 3.65. The monoisotopic (exact) mass is 261 g/mol. The van der Waals surface area contributed by atoms with Gasteiger partial charge in [0, 0.05) is 5.69 Å². The van der Waals surface area contributed by atoms with Gasteiger partial charge in [-0.15, -0.1) is 0 Å². The number of nitrogens with zero attached hydrogens (tertiary/aromatic N) is 3. The van der Waals surface area contributed by atoms with E-state index in [2.05, 4.69) is 15.3 Å². The second kappa shape index (κ2) is 4.92. The van der Waals surface area contributed by atoms with Crippen molar-refractivity contribution in [2.24, 2.45) is 5.10 Å². The Balaban J connectivity index is 2.44. The second-order valence-corrected chi connectivity index (χ2v) is 4.03. The molecule has 92 valence electrons. The number of benzene rings is 1. The summed E-state index contributed by atoms with van der Waals surface area (Å²) in [5.74, 6) is 0. The predicted molar refractivity (Wildman–Crippen MR) is 72.3 cm³/mol. The van der Waals surface area contributed by atoms with Crippen LogP contribution in [0.25, 0.3) is 0 Å². The lowest BCUT2D eigenvalue weighted by Gasteiger charge is -1.99. The van der Waals surface area contributed by atoms with Crippen LogP contribution in [-0.2, 0) is 0 Å². The van der Waals surface area contributed by atoms with Crippen LogP contribution in [0, 0.1) is 11.7 Å². The summed E-state index contributed by atoms with van der Waals surface area (Å²) in [6, 6.07) is 7.14. The largest absolute Gasteiger partial charge is 0.399 e. The van der Waals surface area contributed by atoms with Crippen LogP contribution < -0.4 is 11.3 Å². The van der Waals surface area contributed by atoms with E-state index in [1.807, 2.05) is 6.07 Å². The standard InChI is InChI=1S/C11H11N5OS/c1-7-10(17)16(11(18)15-14-7)13-6-8-3-2-4-9(12)5-8/h2-6H,12H2,1H3,(H,15,18)/b13-6+. The summed E-state index contributed by atoms with van der Waals surface area (Å²) in [6.07, 6.45) is 1.51. The van der Waals surface area contributed by atoms with E-state index in [0.29, 0.717) is 11.4 Å². The van der Waals surface area contributed by atoms with Crippen LogP contribution in [0.1, 0.15) is 11.3 Å². The highest BCUT2D eigenvalue weighted by Gasteiger charge is 2.00. The Kier molecular flexibility index (Phi) is 3.33. The van der Waals surface area contributed by atoms with E-state index >= 15 is 0 Å². The molecule has 0 spiro atoms. The van der Waals surface area contributed by atoms with E-state index < -0.39 is 0 Å². The lowest BCUT2D eigenvalue weighted by molar-refractivity contribution is 0.720. The minimum atomic E-state index is -0.348. The zero-order valence-electron chi connectivity index (χ0n) is 9.62. The van der Waals surface area contributed by atoms with Gasteiger partial charge in [-0.3, -0.25) is 9.89 Å². The molecule has 6 nitrogen and oxygen atoms in total. The van der Waals surface area contributed by atoms with Gasteiger partial charge in [0.05, 0.1) is 6.21 Å². The van der Waals surface area contributed by atoms with Gasteiger partial charge in [-0.1, -0.05) is 12.1 Å². The topological polar surface area (TPSA) is 89.1 Å². The quantitative estimate of drug-likeness (QED) is 0.481. The van der Waals surface area contributed by atoms with Crippen molar-refractivity contribution < 1.29 is 0 Å². The maximum Gasteiger partial charge on any atom is 0.296 e. The summed E-state index contributed by atoms with van der Waals surface area (Å²) in [6.45, 7) is 1.58. The molecular weight excluding hydrogens is 250 g/mol. The number of hydrogen-bond acceptors (Lipinski definition) is 5. The molecule has 2 aromatic rings. The normalized spacial score (nSPS) is 10.9. The lowest BCUT2D eigenvalue weighted by atomic mass is 10.2. The van der Waals surface area contributed by atoms with Crippen LogP contribution >= 0.6 is 12.2 Å². The molecule has 0 aliphatic heterocycles. The molecule has 1 heterocycles. The van der Waals surface area contributed by atoms with E-state index in [0.717, 1.165) is 10.2 Å². The zero-order chi connectivity index (χ0) is 13.1. The highest BCUT2D eigenvalue weighted by molar-refractivity contribution is 7.71. The molecule has 0 radical (unpaired) electrons. The lowest BCUT2D eigenvalue weighted by Crippen LogP contribution is -2.22. The highest BCUT2D eigenvalue weighted by Crippen LogP contribution is 2.03. The molecule has 0 aliphatic rings. The van der Waals surface area contributed by atoms with Crippen molar-refractivity contribution in [3.05, 3.63) is 50.6 Å². The predicted octanol–water partition coefficient (Wildman–Crippen LogP) is 1.07. The molecule has 0 aliphatic carbocycles. The van der Waals surface area contributed by atoms with Crippen LogP contribution in [0.4, 0.5) is 5.69 Å². The molecule has 18 heavy (non-hydrogen) atoms. The number of rotatable bonds is 2. The summed E-state index contributed by atoms with van der Waals surface area (Å²) < 4.78 is 1.23. The Bertz CT molecular complexity index is 716. The molecule has 7 heteroatoms. The molecule has 1 aromatic heterocycles. The number of aromatic nitrogens is 3. The molecular formula is C11H11N5OS. The Morgan fingerprint density at radius 3 is 3.06 bits per heavy atom. The SMILES string of the molecule is Cc1n[nH]c(=S)n(/N=C/c2cccc(N)c2)c1=O. The third-order valence-corrected chi connectivity index (χ3v) is 2.51. The van der Waals surface area contributed by atoms with Gasteiger partial charge in [0.1, 0.15) is 5.69 Å². The number of aryl methyl sites for hydroxylation is 1. The van der Waals surface area contributed by atoms with Crippen molar-refractivity contribution in [2.45, 2.75) is 6.92 Å². The molecule has 0 amide bonds. The first kappa shape index (κ1) is 12.2. The maximum absolute atomic E-state index is 11.8. The summed E-state index contributed by atoms with van der Waals surface area (Å²) in [4.78, 5) is 11.8. The van der Waals surface area contributed by atoms with Crippen LogP contribution in [0.3, 0.4) is 0 Å². The van der Waals surface area contributed by atoms with Crippen molar-refractivity contribution in [2.75, 3.05) is 5.73 Å². The molecule has 0 saturated carbocycles. The Morgan fingerprint density at radius 2 is 2.33 bits per heavy atom. The number of hydrogen-bond donors (Lipinski definition) is 2. The fourth-order valence-corrected chi connectivity index (χ4v) is 1.52. The summed E-state index contributed by atoms with van der Waals surface area (Å²) >= 11 is 4.95. The first-order chi connectivity index (χ1) is 8.58. The molecule has 0 bridgehead atoms. The van der Waals surface area contributed by atoms with E-state index in [1.165, 1.54) is 6.21 Å². The van der Waals surface area contributed by atoms with Gasteiger partial charge in [-0.2, -0.15) is 14.9 Å². The summed E-state index contributed by atoms with van der Waals surface area (Å²) in [5.41, 5.74) is 7.01. The van der Waals surface area contributed by atoms with Crippen molar-refractivity contribution in [1.29, 1.82) is 0 Å². The highest BCUT2D eigenvalue weighted by atomic mass is 32.1. The zero-order valence-corrected chi connectivity index (χ0v) is 10.4. The Morgan fingerprint density at radius 1 is 1.56 bits per heavy atom. The number of nitrogen functional groups attached to an aromatic ring is 1. The fourth-order valence-electron chi connectivity index (χ4n) is 1.34. The van der Waals surface area contributed by atoms with Gasteiger partial charge in [-0.25, -0.2) is 0 Å². The van der Waals surface area contributed by atoms with E-state index in [9.17, 15) is 4.79 Å². The van der Waals surface area contributed by atoms with Crippen molar-refractivity contribution in [3.63, 3.8) is 0 Å². The number of H-pyrrole nitrogens is 1. The van der Waals surface area contributed by atoms with Crippen molar-refractivity contribution in [3.8, 4) is 0 Å². The van der Waals surface area contributed by atoms with Gasteiger partial charge in [0.25, 0.3) is 5.56 Å². The van der Waals surface area contributed by atoms with Crippen LogP contribution in [-0.4, -0.2) is 21.1 Å². The van der Waals surface area contributed by atoms with Crippen molar-refractivity contribution in [1.82, 2.24) is 14.9 Å². The van der Waals surface area contributed by atoms with E-state index in [-0.39, 0.29) is 10.3 Å². The number of nitrogens with one attached hydrogen (secondary N) is 1. The van der Waals surface area contributed by atoms with Gasteiger partial charge in [0.2, 0.25) is 4.77 Å². The first-order valence-corrected chi connectivity index (χ1v) is 5.57. The fraction of sp³-hybridized carbons (Fsp3) is 0.0909. The summed E-state index contributed by atoms with van der Waals surface area (Å²) in [5, 5.41) is 10.3. The molecule has 0 fully saturated rings. The Hall–Kier alpha value is -2.28. The smallest absolute Gasteiger partial charge is 0.296 e. The Labute approximate surface area is 108 Å². The molecule has 1 aromatic carbocycles. The van der Waals surface area contributed by atoms with Gasteiger partial charge < -0.3 is 5.73 Å². The van der Waals surface area contributed by atoms with Crippen LogP contribution in [0.2, 0.25) is 0 Å². The summed E-state index contributed by atoms with van der Waals surface area (Å²) in [7, 11) is 0. The third kappa shape index (κ3) is 2.51. The van der Waals surface area contributed by atoms with Gasteiger partial charge in [0.15, 0.2) is 0 Å².